The standard InChI is InChI=1S/C11H13F3N2O3/c1-3-18-10(17)9-7(5-15)6(2)4-8(16-9)19-11(12,13)14/h4H,3,5,15H2,1-2H3. The van der Waals surface area contributed by atoms with Crippen molar-refractivity contribution in [3.63, 3.8) is 0 Å². The minimum Gasteiger partial charge on any atom is -0.461 e. The topological polar surface area (TPSA) is 74.4 Å². The van der Waals surface area contributed by atoms with Crippen molar-refractivity contribution in [2.45, 2.75) is 26.8 Å². The van der Waals surface area contributed by atoms with Gasteiger partial charge in [0.2, 0.25) is 5.88 Å². The summed E-state index contributed by atoms with van der Waals surface area (Å²) < 4.78 is 44.8. The number of carbonyl (C=O) groups excluding carboxylic acids is 1. The smallest absolute Gasteiger partial charge is 0.461 e. The van der Waals surface area contributed by atoms with Crippen molar-refractivity contribution in [1.82, 2.24) is 4.98 Å². The molecule has 0 fully saturated rings. The quantitative estimate of drug-likeness (QED) is 0.852. The fourth-order valence-corrected chi connectivity index (χ4v) is 1.47. The van der Waals surface area contributed by atoms with Crippen molar-refractivity contribution in [2.75, 3.05) is 6.61 Å². The Morgan fingerprint density at radius 1 is 1.47 bits per heavy atom. The van der Waals surface area contributed by atoms with Gasteiger partial charge >= 0.3 is 12.3 Å². The SMILES string of the molecule is CCOC(=O)c1nc(OC(F)(F)F)cc(C)c1CN. The lowest BCUT2D eigenvalue weighted by Gasteiger charge is -2.13. The van der Waals surface area contributed by atoms with E-state index < -0.39 is 18.2 Å². The van der Waals surface area contributed by atoms with Gasteiger partial charge in [-0.1, -0.05) is 0 Å². The second-order valence-corrected chi connectivity index (χ2v) is 3.58. The Balaban J connectivity index is 3.22. The predicted molar refractivity (Wildman–Crippen MR) is 59.5 cm³/mol. The largest absolute Gasteiger partial charge is 0.574 e. The number of aromatic nitrogens is 1. The highest BCUT2D eigenvalue weighted by atomic mass is 19.4. The molecule has 0 atom stereocenters. The molecule has 106 valence electrons. The molecule has 2 N–H and O–H groups in total. The summed E-state index contributed by atoms with van der Waals surface area (Å²) in [5, 5.41) is 0. The van der Waals surface area contributed by atoms with E-state index in [0.29, 0.717) is 11.1 Å². The van der Waals surface area contributed by atoms with Gasteiger partial charge in [-0.05, 0) is 19.4 Å². The third-order valence-corrected chi connectivity index (χ3v) is 2.22. The molecule has 0 bridgehead atoms. The number of rotatable bonds is 4. The number of hydrogen-bond acceptors (Lipinski definition) is 5. The number of carbonyl (C=O) groups is 1. The number of hydrogen-bond donors (Lipinski definition) is 1. The Morgan fingerprint density at radius 3 is 2.58 bits per heavy atom. The lowest BCUT2D eigenvalue weighted by molar-refractivity contribution is -0.276. The fourth-order valence-electron chi connectivity index (χ4n) is 1.47. The number of ether oxygens (including phenoxy) is 2. The number of nitrogens with zero attached hydrogens (tertiary/aromatic N) is 1. The molecule has 0 amide bonds. The van der Waals surface area contributed by atoms with Crippen molar-refractivity contribution < 1.29 is 27.4 Å². The summed E-state index contributed by atoms with van der Waals surface area (Å²) in [5.41, 5.74) is 5.89. The Kier molecular flexibility index (Phi) is 4.71. The Bertz CT molecular complexity index is 475. The number of halogens is 3. The van der Waals surface area contributed by atoms with E-state index in [4.69, 9.17) is 10.5 Å². The van der Waals surface area contributed by atoms with Crippen LogP contribution in [0, 0.1) is 6.92 Å². The van der Waals surface area contributed by atoms with Gasteiger partial charge in [0.1, 0.15) is 0 Å². The van der Waals surface area contributed by atoms with Crippen LogP contribution in [-0.2, 0) is 11.3 Å². The van der Waals surface area contributed by atoms with E-state index in [0.717, 1.165) is 6.07 Å². The van der Waals surface area contributed by atoms with Crippen LogP contribution in [-0.4, -0.2) is 23.9 Å². The maximum atomic E-state index is 12.1. The summed E-state index contributed by atoms with van der Waals surface area (Å²) in [6.45, 7) is 3.12. The van der Waals surface area contributed by atoms with Gasteiger partial charge in [0, 0.05) is 18.2 Å². The average Bonchev–Trinajstić information content (AvgIpc) is 2.26. The molecule has 0 spiro atoms. The number of pyridine rings is 1. The zero-order valence-electron chi connectivity index (χ0n) is 10.4. The van der Waals surface area contributed by atoms with Gasteiger partial charge in [0.15, 0.2) is 5.69 Å². The molecule has 0 aliphatic rings. The normalized spacial score (nSPS) is 11.3. The minimum atomic E-state index is -4.88. The molecule has 1 heterocycles. The van der Waals surface area contributed by atoms with Gasteiger partial charge in [-0.25, -0.2) is 9.78 Å². The van der Waals surface area contributed by atoms with Gasteiger partial charge in [0.05, 0.1) is 6.61 Å². The van der Waals surface area contributed by atoms with E-state index in [9.17, 15) is 18.0 Å². The summed E-state index contributed by atoms with van der Waals surface area (Å²) in [7, 11) is 0. The molecule has 0 saturated carbocycles. The number of nitrogens with two attached hydrogens (primary N) is 1. The molecule has 8 heteroatoms. The predicted octanol–water partition coefficient (Wildman–Crippen LogP) is 1.92. The molecule has 1 aromatic heterocycles. The Morgan fingerprint density at radius 2 is 2.11 bits per heavy atom. The van der Waals surface area contributed by atoms with Crippen LogP contribution in [0.15, 0.2) is 6.07 Å². The van der Waals surface area contributed by atoms with E-state index >= 15 is 0 Å². The van der Waals surface area contributed by atoms with E-state index in [1.165, 1.54) is 6.92 Å². The second kappa shape index (κ2) is 5.87. The lowest BCUT2D eigenvalue weighted by atomic mass is 10.1. The fraction of sp³-hybridized carbons (Fsp3) is 0.455. The van der Waals surface area contributed by atoms with Crippen LogP contribution < -0.4 is 10.5 Å². The third kappa shape index (κ3) is 4.09. The molecule has 0 saturated heterocycles. The maximum absolute atomic E-state index is 12.1. The lowest BCUT2D eigenvalue weighted by Crippen LogP contribution is -2.20. The molecule has 1 aromatic rings. The van der Waals surface area contributed by atoms with Crippen molar-refractivity contribution >= 4 is 5.97 Å². The van der Waals surface area contributed by atoms with Crippen LogP contribution >= 0.6 is 0 Å². The number of alkyl halides is 3. The van der Waals surface area contributed by atoms with Crippen molar-refractivity contribution in [1.29, 1.82) is 0 Å². The molecular formula is C11H13F3N2O3. The van der Waals surface area contributed by atoms with Gasteiger partial charge in [0.25, 0.3) is 0 Å². The summed E-state index contributed by atoms with van der Waals surface area (Å²) in [4.78, 5) is 15.1. The molecule has 19 heavy (non-hydrogen) atoms. The highest BCUT2D eigenvalue weighted by Crippen LogP contribution is 2.24. The van der Waals surface area contributed by atoms with Crippen LogP contribution in [0.25, 0.3) is 0 Å². The molecule has 0 aliphatic heterocycles. The zero-order valence-corrected chi connectivity index (χ0v) is 10.4. The molecule has 1 rings (SSSR count). The highest BCUT2D eigenvalue weighted by molar-refractivity contribution is 5.89. The molecule has 0 unspecified atom stereocenters. The summed E-state index contributed by atoms with van der Waals surface area (Å²) in [6.07, 6.45) is -4.88. The van der Waals surface area contributed by atoms with Gasteiger partial charge in [-0.15, -0.1) is 13.2 Å². The first kappa shape index (κ1) is 15.2. The first-order valence-corrected chi connectivity index (χ1v) is 5.42. The molecule has 5 nitrogen and oxygen atoms in total. The number of aryl methyl sites for hydroxylation is 1. The van der Waals surface area contributed by atoms with Crippen molar-refractivity contribution in [3.8, 4) is 5.88 Å². The van der Waals surface area contributed by atoms with Crippen molar-refractivity contribution in [3.05, 3.63) is 22.9 Å². The van der Waals surface area contributed by atoms with Crippen LogP contribution in [0.4, 0.5) is 13.2 Å². The molecule has 0 aromatic carbocycles. The minimum absolute atomic E-state index is 0.0424. The average molecular weight is 278 g/mol. The second-order valence-electron chi connectivity index (χ2n) is 3.58. The summed E-state index contributed by atoms with van der Waals surface area (Å²) in [6, 6.07) is 1.07. The van der Waals surface area contributed by atoms with Crippen LogP contribution in [0.5, 0.6) is 5.88 Å². The zero-order chi connectivity index (χ0) is 14.6. The maximum Gasteiger partial charge on any atom is 0.574 e. The monoisotopic (exact) mass is 278 g/mol. The van der Waals surface area contributed by atoms with Gasteiger partial charge in [-0.3, -0.25) is 0 Å². The van der Waals surface area contributed by atoms with Crippen LogP contribution in [0.2, 0.25) is 0 Å². The Hall–Kier alpha value is -1.83. The van der Waals surface area contributed by atoms with E-state index in [1.807, 2.05) is 0 Å². The summed E-state index contributed by atoms with van der Waals surface area (Å²) >= 11 is 0. The van der Waals surface area contributed by atoms with Crippen LogP contribution in [0.1, 0.15) is 28.5 Å². The summed E-state index contributed by atoms with van der Waals surface area (Å²) in [5.74, 6) is -1.55. The number of esters is 1. The molecule has 0 aliphatic carbocycles. The van der Waals surface area contributed by atoms with E-state index in [2.05, 4.69) is 9.72 Å². The van der Waals surface area contributed by atoms with Crippen LogP contribution in [0.3, 0.4) is 0 Å². The van der Waals surface area contributed by atoms with Gasteiger partial charge in [-0.2, -0.15) is 0 Å². The third-order valence-electron chi connectivity index (χ3n) is 2.22. The molecule has 0 radical (unpaired) electrons. The van der Waals surface area contributed by atoms with E-state index in [1.54, 1.807) is 6.92 Å². The van der Waals surface area contributed by atoms with E-state index in [-0.39, 0.29) is 18.8 Å². The highest BCUT2D eigenvalue weighted by Gasteiger charge is 2.32. The van der Waals surface area contributed by atoms with Gasteiger partial charge < -0.3 is 15.2 Å². The Labute approximate surface area is 107 Å². The first-order valence-electron chi connectivity index (χ1n) is 5.42. The first-order chi connectivity index (χ1) is 8.78. The van der Waals surface area contributed by atoms with Crippen molar-refractivity contribution in [2.24, 2.45) is 5.73 Å². The molecular weight excluding hydrogens is 265 g/mol.